The van der Waals surface area contributed by atoms with Gasteiger partial charge in [-0.3, -0.25) is 4.90 Å². The van der Waals surface area contributed by atoms with E-state index in [0.29, 0.717) is 66.6 Å². The molecule has 2 aromatic heterocycles. The highest BCUT2D eigenvalue weighted by Crippen LogP contribution is 2.45. The normalized spacial score (nSPS) is 35.1. The SMILES string of the molecule is [2H]C([2H])(Oc1nc(N2CCOC[C@H]3[C@H](F)[C@H]32)c2cnc(Cl)c(CC)c2n1)[C@@]12CCCN1C[C@H](F)C2. The van der Waals surface area contributed by atoms with Crippen LogP contribution in [-0.4, -0.2) is 83.2 Å². The predicted molar refractivity (Wildman–Crippen MR) is 121 cm³/mol. The summed E-state index contributed by atoms with van der Waals surface area (Å²) in [4.78, 5) is 17.2. The maximum absolute atomic E-state index is 14.6. The van der Waals surface area contributed by atoms with Crippen LogP contribution in [0.5, 0.6) is 6.01 Å². The Hall–Kier alpha value is -1.84. The third-order valence-electron chi connectivity index (χ3n) is 7.49. The molecular weight excluding hydrogens is 452 g/mol. The Morgan fingerprint density at radius 2 is 2.24 bits per heavy atom. The number of hydrogen-bond donors (Lipinski definition) is 0. The molecular formula is C23H28ClF2N5O2. The van der Waals surface area contributed by atoms with E-state index >= 15 is 0 Å². The first-order valence-electron chi connectivity index (χ1n) is 12.7. The van der Waals surface area contributed by atoms with Crippen molar-refractivity contribution in [3.05, 3.63) is 16.9 Å². The van der Waals surface area contributed by atoms with Crippen LogP contribution < -0.4 is 9.64 Å². The van der Waals surface area contributed by atoms with E-state index in [1.807, 2.05) is 16.7 Å². The van der Waals surface area contributed by atoms with E-state index in [-0.39, 0.29) is 30.9 Å². The zero-order valence-electron chi connectivity index (χ0n) is 20.4. The van der Waals surface area contributed by atoms with Crippen LogP contribution in [0.3, 0.4) is 0 Å². The molecule has 4 fully saturated rings. The fraction of sp³-hybridized carbons (Fsp3) is 0.696. The number of pyridine rings is 1. The molecule has 3 saturated heterocycles. The van der Waals surface area contributed by atoms with E-state index in [0.717, 1.165) is 6.42 Å². The number of aryl methyl sites for hydroxylation is 1. The molecule has 4 aliphatic rings. The highest BCUT2D eigenvalue weighted by molar-refractivity contribution is 6.31. The van der Waals surface area contributed by atoms with Crippen molar-refractivity contribution < 1.29 is 21.0 Å². The Kier molecular flexibility index (Phi) is 4.80. The van der Waals surface area contributed by atoms with Gasteiger partial charge in [-0.15, -0.1) is 0 Å². The maximum atomic E-state index is 14.6. The molecule has 33 heavy (non-hydrogen) atoms. The van der Waals surface area contributed by atoms with Gasteiger partial charge in [-0.2, -0.15) is 9.97 Å². The molecule has 0 unspecified atom stereocenters. The number of nitrogens with zero attached hydrogens (tertiary/aromatic N) is 5. The van der Waals surface area contributed by atoms with Gasteiger partial charge in [0.2, 0.25) is 0 Å². The Morgan fingerprint density at radius 3 is 3.09 bits per heavy atom. The zero-order chi connectivity index (χ0) is 24.5. The van der Waals surface area contributed by atoms with Crippen molar-refractivity contribution in [1.29, 1.82) is 0 Å². The molecule has 1 aliphatic carbocycles. The molecule has 178 valence electrons. The Balaban J connectivity index is 1.45. The van der Waals surface area contributed by atoms with Crippen LogP contribution in [0.15, 0.2) is 6.20 Å². The first-order chi connectivity index (χ1) is 16.8. The highest BCUT2D eigenvalue weighted by Gasteiger charge is 2.56. The number of alkyl halides is 2. The standard InChI is InChI=1S/C23H28ClF2N5O2/c1-2-14-18-15(9-27-20(14)24)21(31-6-7-32-11-16-17(26)19(16)31)29-22(28-18)33-12-23-4-3-5-30(23)10-13(25)8-23/h9,13,16-17,19H,2-8,10-12H2,1H3/t13-,16+,17+,19+,23+/m1/s1/i12D2. The fourth-order valence-corrected chi connectivity index (χ4v) is 6.02. The van der Waals surface area contributed by atoms with Gasteiger partial charge in [0.05, 0.1) is 38.4 Å². The van der Waals surface area contributed by atoms with Crippen molar-refractivity contribution in [2.75, 3.05) is 44.3 Å². The summed E-state index contributed by atoms with van der Waals surface area (Å²) in [6.45, 7) is 1.71. The second kappa shape index (κ2) is 8.13. The molecule has 5 atom stereocenters. The van der Waals surface area contributed by atoms with Crippen molar-refractivity contribution in [3.8, 4) is 6.01 Å². The quantitative estimate of drug-likeness (QED) is 0.607. The van der Waals surface area contributed by atoms with Gasteiger partial charge in [-0.25, -0.2) is 13.8 Å². The minimum Gasteiger partial charge on any atom is -0.461 e. The predicted octanol–water partition coefficient (Wildman–Crippen LogP) is 3.37. The molecule has 1 saturated carbocycles. The lowest BCUT2D eigenvalue weighted by Crippen LogP contribution is -2.43. The van der Waals surface area contributed by atoms with Crippen LogP contribution in [-0.2, 0) is 11.2 Å². The van der Waals surface area contributed by atoms with Crippen LogP contribution >= 0.6 is 11.6 Å². The van der Waals surface area contributed by atoms with E-state index in [2.05, 4.69) is 15.0 Å². The number of fused-ring (bicyclic) bond motifs is 3. The van der Waals surface area contributed by atoms with Crippen LogP contribution in [0, 0.1) is 5.92 Å². The van der Waals surface area contributed by atoms with E-state index in [9.17, 15) is 8.78 Å². The molecule has 2 aromatic rings. The largest absolute Gasteiger partial charge is 0.461 e. The Morgan fingerprint density at radius 1 is 1.36 bits per heavy atom. The van der Waals surface area contributed by atoms with Gasteiger partial charge in [0.1, 0.15) is 29.9 Å². The van der Waals surface area contributed by atoms with E-state index in [1.165, 1.54) is 0 Å². The van der Waals surface area contributed by atoms with Gasteiger partial charge in [0, 0.05) is 37.2 Å². The Bertz CT molecular complexity index is 1160. The lowest BCUT2D eigenvalue weighted by atomic mass is 9.95. The van der Waals surface area contributed by atoms with Crippen LogP contribution in [0.25, 0.3) is 10.9 Å². The minimum atomic E-state index is -2.23. The lowest BCUT2D eigenvalue weighted by molar-refractivity contribution is 0.107. The van der Waals surface area contributed by atoms with E-state index < -0.39 is 24.4 Å². The molecule has 10 heteroatoms. The Labute approximate surface area is 199 Å². The van der Waals surface area contributed by atoms with Gasteiger partial charge < -0.3 is 14.4 Å². The second-order valence-corrected chi connectivity index (χ2v) is 9.79. The molecule has 0 amide bonds. The molecule has 6 rings (SSSR count). The van der Waals surface area contributed by atoms with Gasteiger partial charge in [0.25, 0.3) is 0 Å². The van der Waals surface area contributed by atoms with Gasteiger partial charge >= 0.3 is 6.01 Å². The number of ether oxygens (including phenoxy) is 2. The monoisotopic (exact) mass is 481 g/mol. The first kappa shape index (κ1) is 19.5. The van der Waals surface area contributed by atoms with Crippen molar-refractivity contribution in [2.24, 2.45) is 5.92 Å². The molecule has 3 aliphatic heterocycles. The average molecular weight is 482 g/mol. The van der Waals surface area contributed by atoms with E-state index in [1.54, 1.807) is 6.20 Å². The minimum absolute atomic E-state index is 0.0626. The first-order valence-corrected chi connectivity index (χ1v) is 12.1. The molecule has 0 spiro atoms. The number of halogens is 3. The van der Waals surface area contributed by atoms with Crippen LogP contribution in [0.1, 0.15) is 34.5 Å². The summed E-state index contributed by atoms with van der Waals surface area (Å²) < 4.78 is 58.2. The summed E-state index contributed by atoms with van der Waals surface area (Å²) >= 11 is 6.38. The maximum Gasteiger partial charge on any atom is 0.319 e. The lowest BCUT2D eigenvalue weighted by Gasteiger charge is -2.31. The smallest absolute Gasteiger partial charge is 0.319 e. The topological polar surface area (TPSA) is 63.6 Å². The molecule has 7 nitrogen and oxygen atoms in total. The summed E-state index contributed by atoms with van der Waals surface area (Å²) in [5, 5.41) is 0.895. The second-order valence-electron chi connectivity index (χ2n) is 9.43. The van der Waals surface area contributed by atoms with Gasteiger partial charge in [-0.1, -0.05) is 18.5 Å². The van der Waals surface area contributed by atoms with Gasteiger partial charge in [-0.05, 0) is 25.8 Å². The van der Waals surface area contributed by atoms with Gasteiger partial charge in [0.15, 0.2) is 0 Å². The number of rotatable bonds is 5. The van der Waals surface area contributed by atoms with Crippen molar-refractivity contribution in [1.82, 2.24) is 19.9 Å². The third-order valence-corrected chi connectivity index (χ3v) is 7.81. The summed E-state index contributed by atoms with van der Waals surface area (Å²) in [6.07, 6.45) is 1.30. The molecule has 0 radical (unpaired) electrons. The summed E-state index contributed by atoms with van der Waals surface area (Å²) in [5.74, 6) is 0.186. The third kappa shape index (κ3) is 3.54. The summed E-state index contributed by atoms with van der Waals surface area (Å²) in [5.41, 5.74) is 0.103. The number of anilines is 1. The fourth-order valence-electron chi connectivity index (χ4n) is 5.75. The molecule has 5 heterocycles. The summed E-state index contributed by atoms with van der Waals surface area (Å²) in [7, 11) is 0. The molecule has 0 aromatic carbocycles. The summed E-state index contributed by atoms with van der Waals surface area (Å²) in [6, 6.07) is -0.553. The van der Waals surface area contributed by atoms with Crippen LogP contribution in [0.2, 0.25) is 5.15 Å². The number of hydrogen-bond acceptors (Lipinski definition) is 7. The number of aromatic nitrogens is 3. The van der Waals surface area contributed by atoms with Crippen molar-refractivity contribution in [3.63, 3.8) is 0 Å². The van der Waals surface area contributed by atoms with E-state index in [4.69, 9.17) is 23.8 Å². The zero-order valence-corrected chi connectivity index (χ0v) is 19.2. The van der Waals surface area contributed by atoms with Crippen molar-refractivity contribution in [2.45, 2.75) is 56.5 Å². The van der Waals surface area contributed by atoms with Crippen molar-refractivity contribution >= 4 is 28.3 Å². The molecule has 0 N–H and O–H groups in total. The molecule has 0 bridgehead atoms. The highest BCUT2D eigenvalue weighted by atomic mass is 35.5. The average Bonchev–Trinajstić information content (AvgIpc) is 3.16. The van der Waals surface area contributed by atoms with Crippen LogP contribution in [0.4, 0.5) is 14.6 Å².